The lowest BCUT2D eigenvalue weighted by atomic mass is 10.0. The van der Waals surface area contributed by atoms with Crippen LogP contribution in [-0.2, 0) is 13.1 Å². The first-order chi connectivity index (χ1) is 15.0. The Morgan fingerprint density at radius 2 is 2.26 bits per heavy atom. The number of halogens is 2. The zero-order chi connectivity index (χ0) is 22.1. The van der Waals surface area contributed by atoms with E-state index in [0.29, 0.717) is 29.9 Å². The van der Waals surface area contributed by atoms with Gasteiger partial charge >= 0.3 is 0 Å². The smallest absolute Gasteiger partial charge is 0.258 e. The van der Waals surface area contributed by atoms with Gasteiger partial charge in [0.1, 0.15) is 11.3 Å². The molecule has 4 rings (SSSR count). The molecule has 9 heteroatoms. The molecule has 2 heterocycles. The number of carbonyl (C=O) groups excluding carboxylic acids is 1. The molecule has 31 heavy (non-hydrogen) atoms. The number of amides is 1. The second-order valence-electron chi connectivity index (χ2n) is 6.94. The standard InChI is InChI=1S/C22H20ClFN3O2PS/c1-4-30-29-21-18-15(20(26(2)31-3)14-6-5-9-25-19(14)21)12-27(22(18)28)11-13-7-8-17(24)16(23)10-13/h4-10,30H,1,11-12H2,2-3H3. The molecule has 1 unspecified atom stereocenters. The summed E-state index contributed by atoms with van der Waals surface area (Å²) in [5.41, 5.74) is 3.74. The minimum absolute atomic E-state index is 0.00191. The van der Waals surface area contributed by atoms with Crippen molar-refractivity contribution in [1.82, 2.24) is 9.88 Å². The van der Waals surface area contributed by atoms with Crippen LogP contribution in [0.1, 0.15) is 21.5 Å². The van der Waals surface area contributed by atoms with Crippen molar-refractivity contribution in [2.75, 3.05) is 17.6 Å². The van der Waals surface area contributed by atoms with E-state index in [1.165, 1.54) is 6.07 Å². The van der Waals surface area contributed by atoms with Gasteiger partial charge in [-0.3, -0.25) is 9.78 Å². The molecule has 1 aliphatic heterocycles. The first kappa shape index (κ1) is 21.9. The van der Waals surface area contributed by atoms with Gasteiger partial charge in [-0.15, -0.1) is 0 Å². The van der Waals surface area contributed by atoms with Gasteiger partial charge in [-0.05, 0) is 35.6 Å². The fourth-order valence-corrected chi connectivity index (χ4v) is 4.75. The number of rotatable bonds is 7. The molecule has 0 saturated heterocycles. The molecular weight excluding hydrogens is 456 g/mol. The van der Waals surface area contributed by atoms with Crippen LogP contribution in [0.25, 0.3) is 10.9 Å². The lowest BCUT2D eigenvalue weighted by molar-refractivity contribution is 0.0765. The average Bonchev–Trinajstić information content (AvgIpc) is 3.09. The molecule has 1 aromatic heterocycles. The van der Waals surface area contributed by atoms with Crippen LogP contribution in [0, 0.1) is 5.82 Å². The topological polar surface area (TPSA) is 45.7 Å². The number of hydrogen-bond acceptors (Lipinski definition) is 5. The summed E-state index contributed by atoms with van der Waals surface area (Å²) in [6.07, 6.45) is 3.67. The number of nitrogens with zero attached hydrogens (tertiary/aromatic N) is 3. The molecule has 0 radical (unpaired) electrons. The molecule has 0 aliphatic carbocycles. The van der Waals surface area contributed by atoms with Crippen molar-refractivity contribution in [2.24, 2.45) is 0 Å². The van der Waals surface area contributed by atoms with Crippen LogP contribution in [0.3, 0.4) is 0 Å². The predicted octanol–water partition coefficient (Wildman–Crippen LogP) is 6.01. The summed E-state index contributed by atoms with van der Waals surface area (Å²) in [6.45, 7) is 4.44. The largest absolute Gasteiger partial charge is 0.470 e. The normalized spacial score (nSPS) is 13.3. The second kappa shape index (κ2) is 9.03. The van der Waals surface area contributed by atoms with E-state index in [2.05, 4.69) is 11.6 Å². The molecule has 160 valence electrons. The predicted molar refractivity (Wildman–Crippen MR) is 128 cm³/mol. The highest BCUT2D eigenvalue weighted by Crippen LogP contribution is 2.47. The van der Waals surface area contributed by atoms with Gasteiger partial charge in [0, 0.05) is 43.5 Å². The maximum atomic E-state index is 13.6. The van der Waals surface area contributed by atoms with Crippen LogP contribution in [0.5, 0.6) is 5.75 Å². The van der Waals surface area contributed by atoms with Crippen molar-refractivity contribution in [3.05, 3.63) is 76.5 Å². The summed E-state index contributed by atoms with van der Waals surface area (Å²) in [4.78, 5) is 19.8. The first-order valence-electron chi connectivity index (χ1n) is 9.44. The molecule has 0 N–H and O–H groups in total. The Morgan fingerprint density at radius 3 is 2.97 bits per heavy atom. The summed E-state index contributed by atoms with van der Waals surface area (Å²) in [6, 6.07) is 8.37. The van der Waals surface area contributed by atoms with E-state index in [9.17, 15) is 9.18 Å². The third-order valence-electron chi connectivity index (χ3n) is 5.13. The van der Waals surface area contributed by atoms with E-state index in [4.69, 9.17) is 16.1 Å². The number of fused-ring (bicyclic) bond motifs is 2. The van der Waals surface area contributed by atoms with Crippen molar-refractivity contribution in [2.45, 2.75) is 13.1 Å². The van der Waals surface area contributed by atoms with Crippen LogP contribution in [0.2, 0.25) is 5.02 Å². The Morgan fingerprint density at radius 1 is 1.45 bits per heavy atom. The zero-order valence-corrected chi connectivity index (χ0v) is 19.6. The average molecular weight is 476 g/mol. The maximum Gasteiger partial charge on any atom is 0.258 e. The van der Waals surface area contributed by atoms with Crippen LogP contribution in [0.15, 0.2) is 48.9 Å². The molecule has 5 nitrogen and oxygen atoms in total. The third-order valence-corrected chi connectivity index (χ3v) is 6.64. The van der Waals surface area contributed by atoms with E-state index in [0.717, 1.165) is 22.2 Å². The fourth-order valence-electron chi connectivity index (χ4n) is 3.75. The van der Waals surface area contributed by atoms with Gasteiger partial charge < -0.3 is 13.7 Å². The van der Waals surface area contributed by atoms with Crippen LogP contribution in [0.4, 0.5) is 10.1 Å². The molecule has 1 amide bonds. The molecule has 2 aromatic carbocycles. The summed E-state index contributed by atoms with van der Waals surface area (Å²) in [7, 11) is 1.96. The Kier molecular flexibility index (Phi) is 6.37. The number of aromatic nitrogens is 1. The van der Waals surface area contributed by atoms with Gasteiger partial charge in [0.15, 0.2) is 5.75 Å². The minimum Gasteiger partial charge on any atom is -0.470 e. The summed E-state index contributed by atoms with van der Waals surface area (Å²) < 4.78 is 21.6. The van der Waals surface area contributed by atoms with Gasteiger partial charge in [-0.2, -0.15) is 0 Å². The second-order valence-corrected chi connectivity index (χ2v) is 9.11. The van der Waals surface area contributed by atoms with Crippen molar-refractivity contribution in [3.8, 4) is 5.75 Å². The molecule has 3 aromatic rings. The Labute approximate surface area is 191 Å². The Balaban J connectivity index is 1.86. The molecule has 0 fully saturated rings. The fraction of sp³-hybridized carbons (Fsp3) is 0.182. The highest BCUT2D eigenvalue weighted by Gasteiger charge is 2.36. The highest BCUT2D eigenvalue weighted by molar-refractivity contribution is 7.99. The molecule has 1 aliphatic rings. The van der Waals surface area contributed by atoms with E-state index in [1.54, 1.807) is 41.0 Å². The molecule has 0 spiro atoms. The maximum absolute atomic E-state index is 13.6. The number of hydrogen-bond donors (Lipinski definition) is 0. The van der Waals surface area contributed by atoms with E-state index >= 15 is 0 Å². The lowest BCUT2D eigenvalue weighted by Gasteiger charge is -2.22. The van der Waals surface area contributed by atoms with Crippen LogP contribution < -0.4 is 8.83 Å². The van der Waals surface area contributed by atoms with Gasteiger partial charge in [-0.1, -0.05) is 36.2 Å². The zero-order valence-electron chi connectivity index (χ0n) is 17.0. The van der Waals surface area contributed by atoms with Gasteiger partial charge in [0.05, 0.1) is 25.1 Å². The minimum atomic E-state index is -0.483. The quantitative estimate of drug-likeness (QED) is 0.309. The number of anilines is 1. The van der Waals surface area contributed by atoms with Crippen molar-refractivity contribution in [3.63, 3.8) is 0 Å². The summed E-state index contributed by atoms with van der Waals surface area (Å²) in [5.74, 6) is 1.51. The van der Waals surface area contributed by atoms with E-state index in [-0.39, 0.29) is 19.7 Å². The molecule has 0 saturated carbocycles. The first-order valence-corrected chi connectivity index (χ1v) is 12.0. The summed E-state index contributed by atoms with van der Waals surface area (Å²) in [5, 5.41) is 0.956. The Bertz CT molecular complexity index is 1190. The highest BCUT2D eigenvalue weighted by atomic mass is 35.5. The lowest BCUT2D eigenvalue weighted by Crippen LogP contribution is -2.23. The number of carbonyl (C=O) groups is 1. The van der Waals surface area contributed by atoms with Gasteiger partial charge in [-0.25, -0.2) is 4.39 Å². The van der Waals surface area contributed by atoms with E-state index in [1.807, 2.05) is 29.7 Å². The molecule has 0 bridgehead atoms. The number of benzene rings is 2. The van der Waals surface area contributed by atoms with Crippen molar-refractivity contribution in [1.29, 1.82) is 0 Å². The van der Waals surface area contributed by atoms with Crippen molar-refractivity contribution >= 4 is 54.9 Å². The van der Waals surface area contributed by atoms with E-state index < -0.39 is 5.82 Å². The Hall–Kier alpha value is -2.34. The molecular formula is C22H20ClFN3O2PS. The third kappa shape index (κ3) is 3.98. The van der Waals surface area contributed by atoms with Gasteiger partial charge in [0.2, 0.25) is 0 Å². The van der Waals surface area contributed by atoms with Crippen LogP contribution in [-0.4, -0.2) is 29.1 Å². The van der Waals surface area contributed by atoms with Crippen LogP contribution >= 0.6 is 32.4 Å². The summed E-state index contributed by atoms with van der Waals surface area (Å²) >= 11 is 7.49. The van der Waals surface area contributed by atoms with Crippen molar-refractivity contribution < 1.29 is 13.7 Å². The SMILES string of the molecule is C=CPOc1c2c(c(N(C)SC)c3cccnc13)CN(Cc1ccc(F)c(Cl)c1)C2=O. The number of pyridine rings is 1. The monoisotopic (exact) mass is 475 g/mol. The molecule has 1 atom stereocenters. The van der Waals surface area contributed by atoms with Gasteiger partial charge in [0.25, 0.3) is 5.91 Å².